The number of hydrogen-bond acceptors (Lipinski definition) is 6. The Labute approximate surface area is 112 Å². The standard InChI is InChI=1S/C10H12N4O2S2/c1-3-6-4-7(13-14(6)2)9-11-12-10(18-9)17-5-8(15)16/h4H,3,5H2,1-2H3,(H,15,16). The van der Waals surface area contributed by atoms with Crippen molar-refractivity contribution in [3.8, 4) is 10.7 Å². The Kier molecular flexibility index (Phi) is 3.97. The molecule has 0 radical (unpaired) electrons. The maximum Gasteiger partial charge on any atom is 0.313 e. The molecule has 2 aromatic heterocycles. The van der Waals surface area contributed by atoms with Crippen molar-refractivity contribution in [2.45, 2.75) is 17.7 Å². The summed E-state index contributed by atoms with van der Waals surface area (Å²) in [5, 5.41) is 21.7. The second-order valence-electron chi connectivity index (χ2n) is 3.55. The second kappa shape index (κ2) is 5.49. The van der Waals surface area contributed by atoms with E-state index < -0.39 is 5.97 Å². The first kappa shape index (κ1) is 13.0. The molecule has 0 amide bonds. The van der Waals surface area contributed by atoms with E-state index in [0.29, 0.717) is 4.34 Å². The third-order valence-corrected chi connectivity index (χ3v) is 4.35. The average Bonchev–Trinajstić information content (AvgIpc) is 2.92. The number of aliphatic carboxylic acids is 1. The Morgan fingerprint density at radius 3 is 2.94 bits per heavy atom. The van der Waals surface area contributed by atoms with Crippen molar-refractivity contribution in [3.05, 3.63) is 11.8 Å². The van der Waals surface area contributed by atoms with E-state index in [2.05, 4.69) is 22.2 Å². The van der Waals surface area contributed by atoms with E-state index in [1.165, 1.54) is 23.1 Å². The molecule has 1 N–H and O–H groups in total. The van der Waals surface area contributed by atoms with Crippen molar-refractivity contribution >= 4 is 29.1 Å². The van der Waals surface area contributed by atoms with Gasteiger partial charge in [0.25, 0.3) is 0 Å². The topological polar surface area (TPSA) is 80.9 Å². The van der Waals surface area contributed by atoms with Crippen LogP contribution in [-0.2, 0) is 18.3 Å². The maximum atomic E-state index is 10.5. The van der Waals surface area contributed by atoms with E-state index in [-0.39, 0.29) is 5.75 Å². The van der Waals surface area contributed by atoms with E-state index >= 15 is 0 Å². The molecule has 96 valence electrons. The summed E-state index contributed by atoms with van der Waals surface area (Å²) in [5.41, 5.74) is 1.91. The summed E-state index contributed by atoms with van der Waals surface area (Å²) < 4.78 is 2.47. The van der Waals surface area contributed by atoms with Crippen LogP contribution in [0.2, 0.25) is 0 Å². The van der Waals surface area contributed by atoms with Gasteiger partial charge in [-0.05, 0) is 12.5 Å². The second-order valence-corrected chi connectivity index (χ2v) is 5.75. The lowest BCUT2D eigenvalue weighted by Crippen LogP contribution is -1.96. The predicted molar refractivity (Wildman–Crippen MR) is 69.8 cm³/mol. The zero-order valence-electron chi connectivity index (χ0n) is 9.95. The Bertz CT molecular complexity index is 564. The van der Waals surface area contributed by atoms with Crippen LogP contribution in [0.4, 0.5) is 0 Å². The summed E-state index contributed by atoms with van der Waals surface area (Å²) in [4.78, 5) is 10.5. The normalized spacial score (nSPS) is 10.8. The fourth-order valence-electron chi connectivity index (χ4n) is 1.44. The zero-order valence-corrected chi connectivity index (χ0v) is 11.6. The van der Waals surface area contributed by atoms with Gasteiger partial charge < -0.3 is 5.11 Å². The van der Waals surface area contributed by atoms with Crippen molar-refractivity contribution in [3.63, 3.8) is 0 Å². The third-order valence-electron chi connectivity index (χ3n) is 2.28. The van der Waals surface area contributed by atoms with Gasteiger partial charge in [-0.15, -0.1) is 10.2 Å². The van der Waals surface area contributed by atoms with Gasteiger partial charge in [-0.2, -0.15) is 5.10 Å². The first-order chi connectivity index (χ1) is 8.60. The van der Waals surface area contributed by atoms with Gasteiger partial charge in [0.2, 0.25) is 0 Å². The van der Waals surface area contributed by atoms with Gasteiger partial charge >= 0.3 is 5.97 Å². The molecule has 0 saturated carbocycles. The van der Waals surface area contributed by atoms with Crippen molar-refractivity contribution < 1.29 is 9.90 Å². The summed E-state index contributed by atoms with van der Waals surface area (Å²) in [5.74, 6) is -0.861. The molecule has 0 aliphatic carbocycles. The highest BCUT2D eigenvalue weighted by Crippen LogP contribution is 2.28. The van der Waals surface area contributed by atoms with E-state index in [1.807, 2.05) is 17.8 Å². The lowest BCUT2D eigenvalue weighted by Gasteiger charge is -1.92. The van der Waals surface area contributed by atoms with Crippen LogP contribution in [0.3, 0.4) is 0 Å². The number of aryl methyl sites for hydroxylation is 2. The largest absolute Gasteiger partial charge is 0.481 e. The van der Waals surface area contributed by atoms with Gasteiger partial charge in [0, 0.05) is 12.7 Å². The van der Waals surface area contributed by atoms with Crippen molar-refractivity contribution in [2.75, 3.05) is 5.75 Å². The van der Waals surface area contributed by atoms with Crippen molar-refractivity contribution in [2.24, 2.45) is 7.05 Å². The van der Waals surface area contributed by atoms with Crippen LogP contribution >= 0.6 is 23.1 Å². The van der Waals surface area contributed by atoms with E-state index in [9.17, 15) is 4.79 Å². The highest BCUT2D eigenvalue weighted by Gasteiger charge is 2.12. The molecule has 0 unspecified atom stereocenters. The van der Waals surface area contributed by atoms with Gasteiger partial charge in [-0.1, -0.05) is 30.0 Å². The van der Waals surface area contributed by atoms with E-state index in [1.54, 1.807) is 0 Å². The Morgan fingerprint density at radius 1 is 1.56 bits per heavy atom. The third kappa shape index (κ3) is 2.88. The molecule has 8 heteroatoms. The minimum Gasteiger partial charge on any atom is -0.481 e. The zero-order chi connectivity index (χ0) is 13.1. The average molecular weight is 284 g/mol. The minimum absolute atomic E-state index is 0.00292. The number of carboxylic acids is 1. The minimum atomic E-state index is -0.858. The molecule has 0 atom stereocenters. The highest BCUT2D eigenvalue weighted by atomic mass is 32.2. The molecular weight excluding hydrogens is 272 g/mol. The molecule has 6 nitrogen and oxygen atoms in total. The lowest BCUT2D eigenvalue weighted by atomic mass is 10.3. The van der Waals surface area contributed by atoms with Gasteiger partial charge in [0.1, 0.15) is 5.69 Å². The Morgan fingerprint density at radius 2 is 2.33 bits per heavy atom. The molecular formula is C10H12N4O2S2. The Hall–Kier alpha value is -1.41. The van der Waals surface area contributed by atoms with E-state index in [4.69, 9.17) is 5.11 Å². The molecule has 18 heavy (non-hydrogen) atoms. The molecule has 2 heterocycles. The van der Waals surface area contributed by atoms with Crippen LogP contribution < -0.4 is 0 Å². The van der Waals surface area contributed by atoms with Gasteiger partial charge in [0.05, 0.1) is 5.75 Å². The molecule has 0 fully saturated rings. The fraction of sp³-hybridized carbons (Fsp3) is 0.400. The SMILES string of the molecule is CCc1cc(-c2nnc(SCC(=O)O)s2)nn1C. The maximum absolute atomic E-state index is 10.5. The summed E-state index contributed by atoms with van der Waals surface area (Å²) in [6.45, 7) is 2.06. The fourth-order valence-corrected chi connectivity index (χ4v) is 2.96. The molecule has 2 rings (SSSR count). The molecule has 0 bridgehead atoms. The van der Waals surface area contributed by atoms with Crippen LogP contribution in [0.5, 0.6) is 0 Å². The molecule has 0 saturated heterocycles. The van der Waals surface area contributed by atoms with E-state index in [0.717, 1.165) is 22.8 Å². The van der Waals surface area contributed by atoms with Crippen LogP contribution in [0.25, 0.3) is 10.7 Å². The first-order valence-corrected chi connectivity index (χ1v) is 7.11. The highest BCUT2D eigenvalue weighted by molar-refractivity contribution is 8.01. The van der Waals surface area contributed by atoms with Crippen LogP contribution in [0.1, 0.15) is 12.6 Å². The number of rotatable bonds is 5. The summed E-state index contributed by atoms with van der Waals surface area (Å²) >= 11 is 2.53. The first-order valence-electron chi connectivity index (χ1n) is 5.31. The molecule has 0 spiro atoms. The molecule has 0 aliphatic rings. The summed E-state index contributed by atoms with van der Waals surface area (Å²) in [7, 11) is 1.89. The number of carboxylic acid groups (broad SMARTS) is 1. The van der Waals surface area contributed by atoms with Crippen LogP contribution in [-0.4, -0.2) is 36.8 Å². The molecule has 0 aromatic carbocycles. The summed E-state index contributed by atoms with van der Waals surface area (Å²) in [6, 6.07) is 1.98. The number of thioether (sulfide) groups is 1. The van der Waals surface area contributed by atoms with Gasteiger partial charge in [0.15, 0.2) is 9.35 Å². The van der Waals surface area contributed by atoms with Gasteiger partial charge in [-0.3, -0.25) is 9.48 Å². The van der Waals surface area contributed by atoms with Crippen molar-refractivity contribution in [1.29, 1.82) is 0 Å². The number of nitrogens with zero attached hydrogens (tertiary/aromatic N) is 4. The lowest BCUT2D eigenvalue weighted by molar-refractivity contribution is -0.133. The number of carbonyl (C=O) groups is 1. The quantitative estimate of drug-likeness (QED) is 0.841. The molecule has 2 aromatic rings. The summed E-state index contributed by atoms with van der Waals surface area (Å²) in [6.07, 6.45) is 0.906. The Balaban J connectivity index is 2.15. The van der Waals surface area contributed by atoms with Crippen LogP contribution in [0, 0.1) is 0 Å². The predicted octanol–water partition coefficient (Wildman–Crippen LogP) is 1.68. The number of hydrogen-bond donors (Lipinski definition) is 1. The van der Waals surface area contributed by atoms with Gasteiger partial charge in [-0.25, -0.2) is 0 Å². The molecule has 0 aliphatic heterocycles. The number of aromatic nitrogens is 4. The smallest absolute Gasteiger partial charge is 0.313 e. The van der Waals surface area contributed by atoms with Crippen molar-refractivity contribution in [1.82, 2.24) is 20.0 Å². The van der Waals surface area contributed by atoms with Crippen LogP contribution in [0.15, 0.2) is 10.4 Å². The monoisotopic (exact) mass is 284 g/mol.